The number of nitrogens with one attached hydrogen (secondary N) is 2. The van der Waals surface area contributed by atoms with Gasteiger partial charge in [0.2, 0.25) is 0 Å². The Balaban J connectivity index is 1.38. The Morgan fingerprint density at radius 2 is 1.47 bits per heavy atom. The molecule has 0 radical (unpaired) electrons. The fourth-order valence-electron chi connectivity index (χ4n) is 5.90. The summed E-state index contributed by atoms with van der Waals surface area (Å²) in [5.41, 5.74) is 6.15. The van der Waals surface area contributed by atoms with E-state index in [0.29, 0.717) is 50.1 Å². The van der Waals surface area contributed by atoms with E-state index in [1.165, 1.54) is 0 Å². The number of imidazole rings is 2. The largest absolute Gasteiger partial charge is 0.327 e. The van der Waals surface area contributed by atoms with Gasteiger partial charge in [-0.05, 0) is 43.9 Å². The van der Waals surface area contributed by atoms with Crippen LogP contribution in [-0.4, -0.2) is 48.9 Å². The zero-order valence-electron chi connectivity index (χ0n) is 26.8. The van der Waals surface area contributed by atoms with E-state index in [9.17, 15) is 9.59 Å². The second kappa shape index (κ2) is 13.8. The molecule has 4 aromatic rings. The number of hydrogen-bond acceptors (Lipinski definition) is 5. The number of aryl methyl sites for hydroxylation is 1. The molecule has 0 bridgehead atoms. The van der Waals surface area contributed by atoms with E-state index in [4.69, 9.17) is 23.2 Å². The Labute approximate surface area is 275 Å². The third-order valence-corrected chi connectivity index (χ3v) is 9.38. The van der Waals surface area contributed by atoms with Crippen LogP contribution in [0.15, 0.2) is 36.4 Å². The number of rotatable bonds is 10. The number of halogens is 2. The summed E-state index contributed by atoms with van der Waals surface area (Å²) >= 11 is 13.8. The summed E-state index contributed by atoms with van der Waals surface area (Å²) in [5, 5.41) is 6.56. The quantitative estimate of drug-likeness (QED) is 0.190. The molecule has 0 aliphatic carbocycles. The number of aromatic nitrogens is 4. The number of carbonyl (C=O) groups is 2. The second-order valence-corrected chi connectivity index (χ2v) is 12.7. The van der Waals surface area contributed by atoms with Crippen LogP contribution in [0.4, 0.5) is 11.4 Å². The van der Waals surface area contributed by atoms with Gasteiger partial charge in [-0.3, -0.25) is 14.5 Å². The van der Waals surface area contributed by atoms with Crippen molar-refractivity contribution in [3.63, 3.8) is 0 Å². The highest BCUT2D eigenvalue weighted by Crippen LogP contribution is 2.40. The van der Waals surface area contributed by atoms with Crippen molar-refractivity contribution in [2.75, 3.05) is 23.7 Å². The van der Waals surface area contributed by atoms with E-state index < -0.39 is 0 Å². The number of fused-ring (bicyclic) bond motifs is 1. The molecule has 238 valence electrons. The number of anilines is 2. The number of carbonyl (C=O) groups excluding carboxylic acids is 2. The lowest BCUT2D eigenvalue weighted by atomic mass is 10.0. The van der Waals surface area contributed by atoms with E-state index in [0.717, 1.165) is 68.1 Å². The molecule has 0 atom stereocenters. The van der Waals surface area contributed by atoms with Gasteiger partial charge in [-0.25, -0.2) is 9.97 Å². The number of hydrogen-bond donors (Lipinski definition) is 2. The summed E-state index contributed by atoms with van der Waals surface area (Å²) in [6.07, 6.45) is 3.47. The van der Waals surface area contributed by atoms with Crippen LogP contribution in [-0.2, 0) is 39.9 Å². The Morgan fingerprint density at radius 3 is 2.00 bits per heavy atom. The minimum Gasteiger partial charge on any atom is -0.327 e. The van der Waals surface area contributed by atoms with Crippen LogP contribution in [0.25, 0.3) is 11.1 Å². The molecular weight excluding hydrogens is 609 g/mol. The van der Waals surface area contributed by atoms with Gasteiger partial charge in [0.05, 0.1) is 32.8 Å². The summed E-state index contributed by atoms with van der Waals surface area (Å²) in [6, 6.07) is 10.8. The summed E-state index contributed by atoms with van der Waals surface area (Å²) in [5.74, 6) is 0.557. The predicted octanol–water partition coefficient (Wildman–Crippen LogP) is 7.16. The van der Waals surface area contributed by atoms with Crippen molar-refractivity contribution in [3.8, 4) is 11.1 Å². The van der Waals surface area contributed by atoms with E-state index in [-0.39, 0.29) is 11.8 Å². The van der Waals surface area contributed by atoms with Crippen molar-refractivity contribution in [2.45, 2.75) is 59.9 Å². The highest BCUT2D eigenvalue weighted by Gasteiger charge is 2.26. The number of benzene rings is 2. The van der Waals surface area contributed by atoms with Crippen LogP contribution >= 0.6 is 23.2 Å². The Morgan fingerprint density at radius 1 is 0.889 bits per heavy atom. The third-order valence-electron chi connectivity index (χ3n) is 8.56. The van der Waals surface area contributed by atoms with E-state index in [2.05, 4.69) is 46.3 Å². The first kappa shape index (κ1) is 32.7. The monoisotopic (exact) mass is 649 g/mol. The van der Waals surface area contributed by atoms with Crippen molar-refractivity contribution in [1.29, 1.82) is 0 Å². The molecule has 2 N–H and O–H groups in total. The average Bonchev–Trinajstić information content (AvgIpc) is 3.53. The van der Waals surface area contributed by atoms with Gasteiger partial charge in [-0.15, -0.1) is 0 Å². The molecule has 9 nitrogen and oxygen atoms in total. The third kappa shape index (κ3) is 6.66. The molecule has 1 aliphatic heterocycles. The molecule has 2 aromatic carbocycles. The van der Waals surface area contributed by atoms with Gasteiger partial charge in [-0.2, -0.15) is 0 Å². The highest BCUT2D eigenvalue weighted by molar-refractivity contribution is 6.40. The van der Waals surface area contributed by atoms with Crippen molar-refractivity contribution in [2.24, 2.45) is 20.0 Å². The molecule has 0 spiro atoms. The number of nitrogens with zero attached hydrogens (tertiary/aromatic N) is 5. The molecular formula is C34H41Cl2N7O2. The maximum Gasteiger partial charge on any atom is 0.291 e. The smallest absolute Gasteiger partial charge is 0.291 e. The molecule has 2 amide bonds. The standard InChI is InChI=1S/C34H41Cl2N7O2/c1-7-23-27(16-15-20(3)4)41(5)31(37-23)33(44)39-24-13-9-11-21(29(24)35)22-12-10-14-25(30(22)36)40-34(45)32-38-26-19-43(8-2)18-17-28(26)42(32)6/h9-14,20H,7-8,15-19H2,1-6H3,(H,39,44)(H,40,45). The first-order chi connectivity index (χ1) is 21.5. The molecule has 2 aromatic heterocycles. The van der Waals surface area contributed by atoms with Gasteiger partial charge in [0.25, 0.3) is 11.8 Å². The molecule has 1 aliphatic rings. The molecule has 11 heteroatoms. The second-order valence-electron chi connectivity index (χ2n) is 11.9. The van der Waals surface area contributed by atoms with Gasteiger partial charge in [0.15, 0.2) is 11.6 Å². The Bertz CT molecular complexity index is 1740. The van der Waals surface area contributed by atoms with Gasteiger partial charge in [0.1, 0.15) is 0 Å². The minimum absolute atomic E-state index is 0.332. The lowest BCUT2D eigenvalue weighted by molar-refractivity contribution is 0.100. The van der Waals surface area contributed by atoms with E-state index >= 15 is 0 Å². The fraction of sp³-hybridized carbons (Fsp3) is 0.412. The first-order valence-electron chi connectivity index (χ1n) is 15.5. The maximum absolute atomic E-state index is 13.4. The summed E-state index contributed by atoms with van der Waals surface area (Å²) in [7, 11) is 3.76. The minimum atomic E-state index is -0.339. The summed E-state index contributed by atoms with van der Waals surface area (Å²) in [4.78, 5) is 38.5. The Kier molecular flexibility index (Phi) is 10.0. The SMILES string of the molecule is CCc1nc(C(=O)Nc2cccc(-c3cccc(NC(=O)c4nc5c(n4C)CCN(CC)C5)c3Cl)c2Cl)n(C)c1CCC(C)C. The summed E-state index contributed by atoms with van der Waals surface area (Å²) < 4.78 is 3.76. The lowest BCUT2D eigenvalue weighted by Gasteiger charge is -2.24. The molecule has 45 heavy (non-hydrogen) atoms. The van der Waals surface area contributed by atoms with Crippen molar-refractivity contribution in [1.82, 2.24) is 24.0 Å². The summed E-state index contributed by atoms with van der Waals surface area (Å²) in [6.45, 7) is 11.2. The maximum atomic E-state index is 13.4. The highest BCUT2D eigenvalue weighted by atomic mass is 35.5. The zero-order chi connectivity index (χ0) is 32.4. The fourth-order valence-corrected chi connectivity index (χ4v) is 6.45. The average molecular weight is 651 g/mol. The first-order valence-corrected chi connectivity index (χ1v) is 16.3. The van der Waals surface area contributed by atoms with Crippen molar-refractivity contribution in [3.05, 3.63) is 80.9 Å². The van der Waals surface area contributed by atoms with Crippen molar-refractivity contribution < 1.29 is 9.59 Å². The normalized spacial score (nSPS) is 13.3. The number of amides is 2. The molecule has 0 fully saturated rings. The van der Waals surface area contributed by atoms with E-state index in [1.54, 1.807) is 24.3 Å². The lowest BCUT2D eigenvalue weighted by Crippen LogP contribution is -2.30. The molecule has 3 heterocycles. The van der Waals surface area contributed by atoms with Gasteiger partial charge in [-0.1, -0.05) is 75.2 Å². The van der Waals surface area contributed by atoms with E-state index in [1.807, 2.05) is 42.3 Å². The van der Waals surface area contributed by atoms with Crippen LogP contribution in [0.1, 0.15) is 78.1 Å². The van der Waals surface area contributed by atoms with Crippen LogP contribution in [0.2, 0.25) is 10.0 Å². The number of likely N-dealkylation sites (N-methyl/N-ethyl adjacent to an activating group) is 1. The zero-order valence-corrected chi connectivity index (χ0v) is 28.3. The van der Waals surface area contributed by atoms with Crippen molar-refractivity contribution >= 4 is 46.4 Å². The van der Waals surface area contributed by atoms with Gasteiger partial charge in [0, 0.05) is 56.1 Å². The van der Waals surface area contributed by atoms with Crippen LogP contribution < -0.4 is 10.6 Å². The van der Waals surface area contributed by atoms with Crippen LogP contribution in [0.3, 0.4) is 0 Å². The Hall–Kier alpha value is -3.66. The van der Waals surface area contributed by atoms with Crippen LogP contribution in [0.5, 0.6) is 0 Å². The molecule has 0 saturated carbocycles. The molecule has 5 rings (SSSR count). The molecule has 0 saturated heterocycles. The predicted molar refractivity (Wildman–Crippen MR) is 181 cm³/mol. The molecule has 0 unspecified atom stereocenters. The van der Waals surface area contributed by atoms with Gasteiger partial charge >= 0.3 is 0 Å². The van der Waals surface area contributed by atoms with Crippen LogP contribution in [0, 0.1) is 5.92 Å². The van der Waals surface area contributed by atoms with Gasteiger partial charge < -0.3 is 19.8 Å². The topological polar surface area (TPSA) is 97.1 Å².